The third-order valence-corrected chi connectivity index (χ3v) is 3.98. The highest BCUT2D eigenvalue weighted by Gasteiger charge is 2.19. The third kappa shape index (κ3) is 3.66. The lowest BCUT2D eigenvalue weighted by atomic mass is 9.96. The number of methoxy groups -OCH3 is 1. The van der Waals surface area contributed by atoms with Gasteiger partial charge in [0.25, 0.3) is 0 Å². The first-order valence-electron chi connectivity index (χ1n) is 7.34. The number of carbonyl (C=O) groups excluding carboxylic acids is 1. The van der Waals surface area contributed by atoms with E-state index in [-0.39, 0.29) is 11.9 Å². The van der Waals surface area contributed by atoms with Crippen molar-refractivity contribution < 1.29 is 9.53 Å². The Morgan fingerprint density at radius 3 is 2.84 bits per heavy atom. The molecule has 106 valence electrons. The van der Waals surface area contributed by atoms with Crippen LogP contribution >= 0.6 is 0 Å². The van der Waals surface area contributed by atoms with E-state index in [1.807, 2.05) is 19.2 Å². The molecule has 1 aromatic rings. The summed E-state index contributed by atoms with van der Waals surface area (Å²) in [5.74, 6) is 0.124. The fraction of sp³-hybridized carbons (Fsp3) is 0.733. The zero-order valence-corrected chi connectivity index (χ0v) is 12.0. The molecule has 0 spiro atoms. The molecule has 0 aromatic carbocycles. The maximum Gasteiger partial charge on any atom is 0.167 e. The van der Waals surface area contributed by atoms with E-state index in [2.05, 4.69) is 9.78 Å². The molecule has 19 heavy (non-hydrogen) atoms. The maximum atomic E-state index is 12.0. The molecule has 1 heterocycles. The molecule has 2 rings (SSSR count). The molecule has 0 amide bonds. The van der Waals surface area contributed by atoms with Crippen molar-refractivity contribution >= 4 is 5.78 Å². The van der Waals surface area contributed by atoms with Gasteiger partial charge in [0.2, 0.25) is 0 Å². The van der Waals surface area contributed by atoms with Gasteiger partial charge in [-0.15, -0.1) is 0 Å². The van der Waals surface area contributed by atoms with Gasteiger partial charge in [-0.2, -0.15) is 5.10 Å². The largest absolute Gasteiger partial charge is 0.374 e. The van der Waals surface area contributed by atoms with E-state index in [0.717, 1.165) is 12.1 Å². The van der Waals surface area contributed by atoms with Gasteiger partial charge < -0.3 is 4.74 Å². The van der Waals surface area contributed by atoms with Gasteiger partial charge in [-0.05, 0) is 25.3 Å². The summed E-state index contributed by atoms with van der Waals surface area (Å²) in [6.07, 6.45) is 9.18. The highest BCUT2D eigenvalue weighted by Crippen LogP contribution is 2.27. The Morgan fingerprint density at radius 2 is 2.21 bits per heavy atom. The lowest BCUT2D eigenvalue weighted by Gasteiger charge is -2.21. The van der Waals surface area contributed by atoms with Crippen molar-refractivity contribution in [3.8, 4) is 0 Å². The standard InChI is InChI=1S/C15H24N2O2/c1-3-15(19-2)14(18)11-12-9-10-17(16-12)13-7-5-4-6-8-13/h9-10,13,15H,3-8,11H2,1-2H3. The number of ether oxygens (including phenoxy) is 1. The summed E-state index contributed by atoms with van der Waals surface area (Å²) < 4.78 is 7.22. The fourth-order valence-corrected chi connectivity index (χ4v) is 2.84. The normalized spacial score (nSPS) is 18.4. The smallest absolute Gasteiger partial charge is 0.167 e. The Morgan fingerprint density at radius 1 is 1.47 bits per heavy atom. The molecule has 1 aliphatic rings. The van der Waals surface area contributed by atoms with Crippen molar-refractivity contribution in [3.05, 3.63) is 18.0 Å². The maximum absolute atomic E-state index is 12.0. The van der Waals surface area contributed by atoms with E-state index in [9.17, 15) is 4.79 Å². The van der Waals surface area contributed by atoms with Gasteiger partial charge in [-0.25, -0.2) is 0 Å². The average Bonchev–Trinajstić information content (AvgIpc) is 2.89. The van der Waals surface area contributed by atoms with E-state index in [1.165, 1.54) is 32.1 Å². The Labute approximate surface area is 115 Å². The van der Waals surface area contributed by atoms with Crippen molar-refractivity contribution in [2.45, 2.75) is 64.0 Å². The molecule has 1 aromatic heterocycles. The van der Waals surface area contributed by atoms with E-state index in [0.29, 0.717) is 12.5 Å². The van der Waals surface area contributed by atoms with Crippen molar-refractivity contribution in [2.75, 3.05) is 7.11 Å². The molecule has 0 bridgehead atoms. The Balaban J connectivity index is 1.95. The van der Waals surface area contributed by atoms with Crippen LogP contribution in [0.15, 0.2) is 12.3 Å². The molecule has 1 unspecified atom stereocenters. The number of hydrogen-bond acceptors (Lipinski definition) is 3. The van der Waals surface area contributed by atoms with Gasteiger partial charge in [0.05, 0.1) is 18.2 Å². The second-order valence-corrected chi connectivity index (χ2v) is 5.35. The predicted molar refractivity (Wildman–Crippen MR) is 74.1 cm³/mol. The summed E-state index contributed by atoms with van der Waals surface area (Å²) in [5.41, 5.74) is 0.867. The predicted octanol–water partition coefficient (Wildman–Crippen LogP) is 2.92. The topological polar surface area (TPSA) is 44.1 Å². The van der Waals surface area contributed by atoms with Crippen LogP contribution in [0.2, 0.25) is 0 Å². The van der Waals surface area contributed by atoms with Crippen molar-refractivity contribution in [2.24, 2.45) is 0 Å². The quantitative estimate of drug-likeness (QED) is 0.793. The summed E-state index contributed by atoms with van der Waals surface area (Å²) in [6.45, 7) is 1.96. The number of Topliss-reactive ketones (excluding diaryl/α,β-unsaturated/α-hetero) is 1. The van der Waals surface area contributed by atoms with Crippen molar-refractivity contribution in [3.63, 3.8) is 0 Å². The Hall–Kier alpha value is -1.16. The number of rotatable bonds is 6. The first-order valence-corrected chi connectivity index (χ1v) is 7.34. The molecular weight excluding hydrogens is 240 g/mol. The Bertz CT molecular complexity index is 404. The molecule has 0 aliphatic heterocycles. The van der Waals surface area contributed by atoms with E-state index in [4.69, 9.17) is 4.74 Å². The van der Waals surface area contributed by atoms with Crippen LogP contribution in [0.5, 0.6) is 0 Å². The van der Waals surface area contributed by atoms with Crippen LogP contribution in [0.25, 0.3) is 0 Å². The number of ketones is 1. The minimum absolute atomic E-state index is 0.124. The Kier molecular flexibility index (Phi) is 5.14. The lowest BCUT2D eigenvalue weighted by Crippen LogP contribution is -2.24. The summed E-state index contributed by atoms with van der Waals surface area (Å²) in [7, 11) is 1.59. The van der Waals surface area contributed by atoms with Crippen LogP contribution in [-0.4, -0.2) is 28.8 Å². The minimum atomic E-state index is -0.292. The number of aromatic nitrogens is 2. The van der Waals surface area contributed by atoms with Gasteiger partial charge >= 0.3 is 0 Å². The number of nitrogens with zero attached hydrogens (tertiary/aromatic N) is 2. The average molecular weight is 264 g/mol. The van der Waals surface area contributed by atoms with Crippen LogP contribution in [0.4, 0.5) is 0 Å². The van der Waals surface area contributed by atoms with Crippen LogP contribution in [0.3, 0.4) is 0 Å². The highest BCUT2D eigenvalue weighted by atomic mass is 16.5. The second-order valence-electron chi connectivity index (χ2n) is 5.35. The molecule has 1 fully saturated rings. The second kappa shape index (κ2) is 6.85. The van der Waals surface area contributed by atoms with Crippen LogP contribution < -0.4 is 0 Å². The molecule has 1 aliphatic carbocycles. The van der Waals surface area contributed by atoms with Gasteiger partial charge in [-0.1, -0.05) is 26.2 Å². The van der Waals surface area contributed by atoms with Crippen LogP contribution in [-0.2, 0) is 16.0 Å². The molecule has 0 radical (unpaired) electrons. The van der Waals surface area contributed by atoms with Crippen molar-refractivity contribution in [1.82, 2.24) is 9.78 Å². The molecule has 4 heteroatoms. The molecule has 1 saturated carbocycles. The molecule has 0 N–H and O–H groups in total. The van der Waals surface area contributed by atoms with Crippen LogP contribution in [0.1, 0.15) is 57.2 Å². The molecule has 4 nitrogen and oxygen atoms in total. The summed E-state index contributed by atoms with van der Waals surface area (Å²) in [5, 5.41) is 4.57. The van der Waals surface area contributed by atoms with Gasteiger partial charge in [0.1, 0.15) is 6.10 Å². The van der Waals surface area contributed by atoms with Gasteiger partial charge in [-0.3, -0.25) is 9.48 Å². The zero-order chi connectivity index (χ0) is 13.7. The summed E-state index contributed by atoms with van der Waals surface area (Å²) >= 11 is 0. The fourth-order valence-electron chi connectivity index (χ4n) is 2.84. The first kappa shape index (κ1) is 14.3. The van der Waals surface area contributed by atoms with Crippen LogP contribution in [0, 0.1) is 0 Å². The lowest BCUT2D eigenvalue weighted by molar-refractivity contribution is -0.128. The van der Waals surface area contributed by atoms with E-state index < -0.39 is 0 Å². The van der Waals surface area contributed by atoms with Gasteiger partial charge in [0, 0.05) is 13.3 Å². The zero-order valence-electron chi connectivity index (χ0n) is 12.0. The molecule has 1 atom stereocenters. The minimum Gasteiger partial charge on any atom is -0.374 e. The first-order chi connectivity index (χ1) is 9.24. The SMILES string of the molecule is CCC(OC)C(=O)Cc1ccn(C2CCCCC2)n1. The molecular formula is C15H24N2O2. The van der Waals surface area contributed by atoms with Crippen molar-refractivity contribution in [1.29, 1.82) is 0 Å². The number of carbonyl (C=O) groups is 1. The number of hydrogen-bond donors (Lipinski definition) is 0. The highest BCUT2D eigenvalue weighted by molar-refractivity contribution is 5.84. The summed E-state index contributed by atoms with van der Waals surface area (Å²) in [4.78, 5) is 12.0. The third-order valence-electron chi connectivity index (χ3n) is 3.98. The van der Waals surface area contributed by atoms with E-state index in [1.54, 1.807) is 7.11 Å². The summed E-state index contributed by atoms with van der Waals surface area (Å²) in [6, 6.07) is 2.50. The monoisotopic (exact) mass is 264 g/mol. The van der Waals surface area contributed by atoms with E-state index >= 15 is 0 Å². The molecule has 0 saturated heterocycles. The van der Waals surface area contributed by atoms with Gasteiger partial charge in [0.15, 0.2) is 5.78 Å².